The highest BCUT2D eigenvalue weighted by atomic mass is 16.5. The summed E-state index contributed by atoms with van der Waals surface area (Å²) in [6.07, 6.45) is 1.39. The SMILES string of the molecule is CCOC(=O)Cn1cnc2c1c(=O)n(Cc1ccccc1)c(=O)n2-c1ccc(C)cc1. The molecule has 8 heteroatoms. The molecule has 2 heterocycles. The van der Waals surface area contributed by atoms with E-state index in [1.54, 1.807) is 19.1 Å². The molecule has 0 spiro atoms. The molecule has 0 bridgehead atoms. The molecule has 2 aromatic heterocycles. The van der Waals surface area contributed by atoms with Gasteiger partial charge in [-0.15, -0.1) is 0 Å². The van der Waals surface area contributed by atoms with Crippen LogP contribution in [0.15, 0.2) is 70.5 Å². The predicted molar refractivity (Wildman–Crippen MR) is 117 cm³/mol. The van der Waals surface area contributed by atoms with Crippen LogP contribution in [0.25, 0.3) is 16.9 Å². The van der Waals surface area contributed by atoms with Gasteiger partial charge in [0.05, 0.1) is 25.2 Å². The van der Waals surface area contributed by atoms with Crippen molar-refractivity contribution in [1.29, 1.82) is 0 Å². The van der Waals surface area contributed by atoms with Crippen LogP contribution in [0.2, 0.25) is 0 Å². The molecule has 0 unspecified atom stereocenters. The molecule has 2 aromatic carbocycles. The molecule has 0 atom stereocenters. The first kappa shape index (κ1) is 20.3. The first-order valence-corrected chi connectivity index (χ1v) is 9.97. The number of benzene rings is 2. The van der Waals surface area contributed by atoms with Gasteiger partial charge < -0.3 is 9.30 Å². The monoisotopic (exact) mass is 418 g/mol. The van der Waals surface area contributed by atoms with Gasteiger partial charge in [-0.1, -0.05) is 48.0 Å². The second-order valence-electron chi connectivity index (χ2n) is 7.18. The fourth-order valence-electron chi connectivity index (χ4n) is 3.48. The van der Waals surface area contributed by atoms with Crippen molar-refractivity contribution in [3.63, 3.8) is 0 Å². The summed E-state index contributed by atoms with van der Waals surface area (Å²) in [5.41, 5.74) is 1.81. The van der Waals surface area contributed by atoms with E-state index in [0.717, 1.165) is 11.1 Å². The average molecular weight is 418 g/mol. The van der Waals surface area contributed by atoms with Crippen LogP contribution in [0.4, 0.5) is 0 Å². The normalized spacial score (nSPS) is 11.0. The van der Waals surface area contributed by atoms with E-state index in [2.05, 4.69) is 4.98 Å². The number of hydrogen-bond donors (Lipinski definition) is 0. The molecular formula is C23H22N4O4. The van der Waals surface area contributed by atoms with Crippen molar-refractivity contribution >= 4 is 17.1 Å². The number of esters is 1. The Bertz CT molecular complexity index is 1350. The van der Waals surface area contributed by atoms with Crippen molar-refractivity contribution in [3.8, 4) is 5.69 Å². The number of rotatable bonds is 6. The van der Waals surface area contributed by atoms with E-state index in [0.29, 0.717) is 5.69 Å². The Kier molecular flexibility index (Phi) is 5.53. The summed E-state index contributed by atoms with van der Waals surface area (Å²) in [5, 5.41) is 0. The summed E-state index contributed by atoms with van der Waals surface area (Å²) in [5.74, 6) is -0.483. The molecule has 0 radical (unpaired) electrons. The zero-order valence-corrected chi connectivity index (χ0v) is 17.3. The van der Waals surface area contributed by atoms with Crippen LogP contribution in [0.5, 0.6) is 0 Å². The van der Waals surface area contributed by atoms with Crippen LogP contribution < -0.4 is 11.2 Å². The standard InChI is InChI=1S/C23H22N4O4/c1-3-31-19(28)14-25-15-24-21-20(25)22(29)26(13-17-7-5-4-6-8-17)23(30)27(21)18-11-9-16(2)10-12-18/h4-12,15H,3,13-14H2,1-2H3. The minimum Gasteiger partial charge on any atom is -0.465 e. The zero-order chi connectivity index (χ0) is 22.0. The Morgan fingerprint density at radius 1 is 1.03 bits per heavy atom. The summed E-state index contributed by atoms with van der Waals surface area (Å²) < 4.78 is 9.02. The smallest absolute Gasteiger partial charge is 0.337 e. The van der Waals surface area contributed by atoms with Crippen LogP contribution in [-0.2, 0) is 22.6 Å². The quantitative estimate of drug-likeness (QED) is 0.448. The molecule has 0 aliphatic heterocycles. The van der Waals surface area contributed by atoms with Gasteiger partial charge in [-0.2, -0.15) is 0 Å². The van der Waals surface area contributed by atoms with E-state index in [1.165, 1.54) is 20.0 Å². The number of fused-ring (bicyclic) bond motifs is 1. The van der Waals surface area contributed by atoms with Crippen molar-refractivity contribution in [3.05, 3.63) is 92.9 Å². The lowest BCUT2D eigenvalue weighted by atomic mass is 10.2. The number of ether oxygens (including phenoxy) is 1. The van der Waals surface area contributed by atoms with E-state index in [-0.39, 0.29) is 30.9 Å². The van der Waals surface area contributed by atoms with E-state index in [4.69, 9.17) is 4.74 Å². The summed E-state index contributed by atoms with van der Waals surface area (Å²) in [4.78, 5) is 43.1. The minimum atomic E-state index is -0.506. The highest BCUT2D eigenvalue weighted by Crippen LogP contribution is 2.14. The second-order valence-corrected chi connectivity index (χ2v) is 7.18. The van der Waals surface area contributed by atoms with Crippen LogP contribution in [0, 0.1) is 6.92 Å². The van der Waals surface area contributed by atoms with Crippen molar-refractivity contribution in [2.75, 3.05) is 6.61 Å². The molecule has 158 valence electrons. The van der Waals surface area contributed by atoms with E-state index >= 15 is 0 Å². The second kappa shape index (κ2) is 8.43. The number of aryl methyl sites for hydroxylation is 1. The third-order valence-corrected chi connectivity index (χ3v) is 4.98. The van der Waals surface area contributed by atoms with Gasteiger partial charge in [-0.3, -0.25) is 14.2 Å². The number of hydrogen-bond acceptors (Lipinski definition) is 5. The van der Waals surface area contributed by atoms with Crippen molar-refractivity contribution in [1.82, 2.24) is 18.7 Å². The van der Waals surface area contributed by atoms with Gasteiger partial charge in [-0.25, -0.2) is 14.3 Å². The summed E-state index contributed by atoms with van der Waals surface area (Å²) in [7, 11) is 0. The van der Waals surface area contributed by atoms with Crippen molar-refractivity contribution < 1.29 is 9.53 Å². The van der Waals surface area contributed by atoms with Gasteiger partial charge in [0.1, 0.15) is 6.54 Å². The molecule has 4 aromatic rings. The summed E-state index contributed by atoms with van der Waals surface area (Å²) >= 11 is 0. The molecule has 0 saturated heterocycles. The number of imidazole rings is 1. The van der Waals surface area contributed by atoms with Gasteiger partial charge >= 0.3 is 11.7 Å². The van der Waals surface area contributed by atoms with Gasteiger partial charge in [0, 0.05) is 0 Å². The largest absolute Gasteiger partial charge is 0.465 e. The lowest BCUT2D eigenvalue weighted by Crippen LogP contribution is -2.40. The zero-order valence-electron chi connectivity index (χ0n) is 17.3. The van der Waals surface area contributed by atoms with Gasteiger partial charge in [0.25, 0.3) is 5.56 Å². The summed E-state index contributed by atoms with van der Waals surface area (Å²) in [6, 6.07) is 16.6. The van der Waals surface area contributed by atoms with Crippen molar-refractivity contribution in [2.24, 2.45) is 0 Å². The molecule has 0 saturated carbocycles. The fraction of sp³-hybridized carbons (Fsp3) is 0.217. The van der Waals surface area contributed by atoms with Crippen LogP contribution in [0.3, 0.4) is 0 Å². The lowest BCUT2D eigenvalue weighted by molar-refractivity contribution is -0.143. The van der Waals surface area contributed by atoms with Crippen LogP contribution in [-0.4, -0.2) is 31.3 Å². The molecule has 0 amide bonds. The molecule has 0 aliphatic carbocycles. The maximum Gasteiger partial charge on any atom is 0.337 e. The summed E-state index contributed by atoms with van der Waals surface area (Å²) in [6.45, 7) is 3.83. The molecule has 31 heavy (non-hydrogen) atoms. The number of carbonyl (C=O) groups is 1. The Hall–Kier alpha value is -3.94. The van der Waals surface area contributed by atoms with Gasteiger partial charge in [0.15, 0.2) is 11.2 Å². The molecule has 0 N–H and O–H groups in total. The number of carbonyl (C=O) groups excluding carboxylic acids is 1. The van der Waals surface area contributed by atoms with E-state index < -0.39 is 17.2 Å². The first-order chi connectivity index (χ1) is 15.0. The topological polar surface area (TPSA) is 88.1 Å². The lowest BCUT2D eigenvalue weighted by Gasteiger charge is -2.13. The molecular weight excluding hydrogens is 396 g/mol. The highest BCUT2D eigenvalue weighted by molar-refractivity contribution is 5.76. The average Bonchev–Trinajstić information content (AvgIpc) is 3.16. The molecule has 8 nitrogen and oxygen atoms in total. The molecule has 4 rings (SSSR count). The Morgan fingerprint density at radius 3 is 2.42 bits per heavy atom. The fourth-order valence-corrected chi connectivity index (χ4v) is 3.48. The van der Waals surface area contributed by atoms with Crippen LogP contribution in [0.1, 0.15) is 18.1 Å². The molecule has 0 aliphatic rings. The number of nitrogens with zero attached hydrogens (tertiary/aromatic N) is 4. The third kappa shape index (κ3) is 3.92. The van der Waals surface area contributed by atoms with Crippen LogP contribution >= 0.6 is 0 Å². The Balaban J connectivity index is 1.97. The maximum atomic E-state index is 13.4. The first-order valence-electron chi connectivity index (χ1n) is 9.97. The van der Waals surface area contributed by atoms with Gasteiger partial charge in [-0.05, 0) is 31.5 Å². The third-order valence-electron chi connectivity index (χ3n) is 4.98. The number of aromatic nitrogens is 4. The van der Waals surface area contributed by atoms with Crippen molar-refractivity contribution in [2.45, 2.75) is 26.9 Å². The Labute approximate surface area is 178 Å². The molecule has 0 fully saturated rings. The van der Waals surface area contributed by atoms with E-state index in [9.17, 15) is 14.4 Å². The minimum absolute atomic E-state index is 0.102. The predicted octanol–water partition coefficient (Wildman–Crippen LogP) is 2.27. The van der Waals surface area contributed by atoms with Gasteiger partial charge in [0.2, 0.25) is 0 Å². The maximum absolute atomic E-state index is 13.4. The highest BCUT2D eigenvalue weighted by Gasteiger charge is 2.20. The Morgan fingerprint density at radius 2 is 1.74 bits per heavy atom. The van der Waals surface area contributed by atoms with E-state index in [1.807, 2.05) is 49.4 Å².